The molecule has 8 heteroatoms. The Morgan fingerprint density at radius 3 is 2.52 bits per heavy atom. The van der Waals surface area contributed by atoms with Gasteiger partial charge in [-0.25, -0.2) is 0 Å². The van der Waals surface area contributed by atoms with Gasteiger partial charge >= 0.3 is 6.18 Å². The second kappa shape index (κ2) is 6.47. The summed E-state index contributed by atoms with van der Waals surface area (Å²) in [7, 11) is 0. The Balaban J connectivity index is 2.20. The molecule has 0 unspecified atom stereocenters. The van der Waals surface area contributed by atoms with E-state index in [1.165, 1.54) is 30.3 Å². The van der Waals surface area contributed by atoms with Crippen LogP contribution in [0.4, 0.5) is 24.5 Å². The first-order chi connectivity index (χ1) is 10.8. The Morgan fingerprint density at radius 2 is 1.87 bits per heavy atom. The van der Waals surface area contributed by atoms with Crippen LogP contribution in [0.2, 0.25) is 0 Å². The monoisotopic (exact) mass is 323 g/mol. The molecule has 0 saturated heterocycles. The van der Waals surface area contributed by atoms with Crippen LogP contribution < -0.4 is 5.43 Å². The van der Waals surface area contributed by atoms with E-state index in [1.54, 1.807) is 13.0 Å². The van der Waals surface area contributed by atoms with Gasteiger partial charge in [0.05, 0.1) is 21.9 Å². The molecule has 0 bridgehead atoms. The lowest BCUT2D eigenvalue weighted by atomic mass is 10.1. The third-order valence-corrected chi connectivity index (χ3v) is 3.02. The molecule has 1 N–H and O–H groups in total. The maximum absolute atomic E-state index is 12.7. The van der Waals surface area contributed by atoms with Gasteiger partial charge in [-0.15, -0.1) is 0 Å². The Morgan fingerprint density at radius 1 is 1.17 bits per heavy atom. The molecule has 120 valence electrons. The van der Waals surface area contributed by atoms with E-state index < -0.39 is 16.7 Å². The summed E-state index contributed by atoms with van der Waals surface area (Å²) in [6.07, 6.45) is -4.43. The van der Waals surface area contributed by atoms with Crippen LogP contribution in [0.3, 0.4) is 0 Å². The van der Waals surface area contributed by atoms with Gasteiger partial charge in [-0.2, -0.15) is 18.3 Å². The Kier molecular flexibility index (Phi) is 4.63. The van der Waals surface area contributed by atoms with Crippen molar-refractivity contribution in [1.29, 1.82) is 0 Å². The third-order valence-electron chi connectivity index (χ3n) is 3.02. The lowest BCUT2D eigenvalue weighted by Gasteiger charge is -2.09. The number of hydrazone groups is 1. The van der Waals surface area contributed by atoms with E-state index >= 15 is 0 Å². The molecule has 2 aromatic rings. The number of rotatable bonds is 4. The van der Waals surface area contributed by atoms with Gasteiger partial charge in [0, 0.05) is 12.1 Å². The lowest BCUT2D eigenvalue weighted by Crippen LogP contribution is -2.07. The predicted molar refractivity (Wildman–Crippen MR) is 80.4 cm³/mol. The molecule has 0 fully saturated rings. The van der Waals surface area contributed by atoms with E-state index in [0.29, 0.717) is 17.0 Å². The second-order valence-corrected chi connectivity index (χ2v) is 4.70. The molecule has 0 saturated carbocycles. The van der Waals surface area contributed by atoms with Crippen molar-refractivity contribution in [3.05, 3.63) is 69.8 Å². The van der Waals surface area contributed by atoms with Crippen LogP contribution in [0.5, 0.6) is 0 Å². The van der Waals surface area contributed by atoms with E-state index in [4.69, 9.17) is 0 Å². The van der Waals surface area contributed by atoms with Gasteiger partial charge in [0.15, 0.2) is 0 Å². The summed E-state index contributed by atoms with van der Waals surface area (Å²) in [4.78, 5) is 10.1. The zero-order valence-corrected chi connectivity index (χ0v) is 12.0. The molecule has 0 amide bonds. The number of anilines is 1. The van der Waals surface area contributed by atoms with Gasteiger partial charge in [0.1, 0.15) is 0 Å². The number of hydrogen-bond acceptors (Lipinski definition) is 4. The SMILES string of the molecule is C/C(=N\Nc1cccc([N+](=O)[O-])c1)c1cccc(C(F)(F)F)c1. The zero-order valence-electron chi connectivity index (χ0n) is 12.0. The number of benzene rings is 2. The number of nitrogens with zero attached hydrogens (tertiary/aromatic N) is 2. The van der Waals surface area contributed by atoms with E-state index in [0.717, 1.165) is 12.1 Å². The van der Waals surface area contributed by atoms with E-state index in [2.05, 4.69) is 10.5 Å². The highest BCUT2D eigenvalue weighted by Crippen LogP contribution is 2.29. The fourth-order valence-electron chi connectivity index (χ4n) is 1.82. The first kappa shape index (κ1) is 16.5. The predicted octanol–water partition coefficient (Wildman–Crippen LogP) is 4.45. The van der Waals surface area contributed by atoms with Gasteiger partial charge in [-0.3, -0.25) is 15.5 Å². The van der Waals surface area contributed by atoms with Crippen LogP contribution in [-0.4, -0.2) is 10.6 Å². The second-order valence-electron chi connectivity index (χ2n) is 4.70. The fourth-order valence-corrected chi connectivity index (χ4v) is 1.82. The molecule has 23 heavy (non-hydrogen) atoms. The molecule has 5 nitrogen and oxygen atoms in total. The highest BCUT2D eigenvalue weighted by molar-refractivity contribution is 5.99. The molecule has 0 aromatic heterocycles. The molecule has 0 aliphatic carbocycles. The summed E-state index contributed by atoms with van der Waals surface area (Å²) in [6, 6.07) is 10.4. The largest absolute Gasteiger partial charge is 0.416 e. The summed E-state index contributed by atoms with van der Waals surface area (Å²) in [6.45, 7) is 1.54. The number of nitrogens with one attached hydrogen (secondary N) is 1. The average Bonchev–Trinajstić information content (AvgIpc) is 2.52. The van der Waals surface area contributed by atoms with Gasteiger partial charge < -0.3 is 0 Å². The molecular weight excluding hydrogens is 311 g/mol. The van der Waals surface area contributed by atoms with Crippen molar-refractivity contribution in [3.63, 3.8) is 0 Å². The highest BCUT2D eigenvalue weighted by atomic mass is 19.4. The van der Waals surface area contributed by atoms with Crippen LogP contribution in [0, 0.1) is 10.1 Å². The molecular formula is C15H12F3N3O2. The average molecular weight is 323 g/mol. The molecule has 0 radical (unpaired) electrons. The number of nitro groups is 1. The summed E-state index contributed by atoms with van der Waals surface area (Å²) in [5.41, 5.74) is 2.72. The summed E-state index contributed by atoms with van der Waals surface area (Å²) >= 11 is 0. The normalized spacial score (nSPS) is 12.1. The first-order valence-electron chi connectivity index (χ1n) is 6.50. The van der Waals surface area contributed by atoms with Crippen molar-refractivity contribution in [2.24, 2.45) is 5.10 Å². The van der Waals surface area contributed by atoms with Crippen molar-refractivity contribution in [2.75, 3.05) is 5.43 Å². The Hall–Kier alpha value is -2.90. The minimum absolute atomic E-state index is 0.109. The number of nitro benzene ring substituents is 1. The topological polar surface area (TPSA) is 67.5 Å². The molecule has 0 spiro atoms. The van der Waals surface area contributed by atoms with E-state index in [9.17, 15) is 23.3 Å². The van der Waals surface area contributed by atoms with Crippen molar-refractivity contribution in [2.45, 2.75) is 13.1 Å². The maximum Gasteiger partial charge on any atom is 0.416 e. The molecule has 0 heterocycles. The highest BCUT2D eigenvalue weighted by Gasteiger charge is 2.30. The summed E-state index contributed by atoms with van der Waals surface area (Å²) in [5.74, 6) is 0. The molecule has 0 atom stereocenters. The van der Waals surface area contributed by atoms with Crippen molar-refractivity contribution < 1.29 is 18.1 Å². The van der Waals surface area contributed by atoms with Crippen LogP contribution in [-0.2, 0) is 6.18 Å². The number of alkyl halides is 3. The smallest absolute Gasteiger partial charge is 0.278 e. The summed E-state index contributed by atoms with van der Waals surface area (Å²) in [5, 5.41) is 14.6. The summed E-state index contributed by atoms with van der Waals surface area (Å²) < 4.78 is 38.0. The van der Waals surface area contributed by atoms with Crippen molar-refractivity contribution in [3.8, 4) is 0 Å². The fraction of sp³-hybridized carbons (Fsp3) is 0.133. The van der Waals surface area contributed by atoms with Crippen LogP contribution >= 0.6 is 0 Å². The number of halogens is 3. The van der Waals surface area contributed by atoms with Crippen LogP contribution in [0.1, 0.15) is 18.1 Å². The van der Waals surface area contributed by atoms with Crippen molar-refractivity contribution in [1.82, 2.24) is 0 Å². The third kappa shape index (κ3) is 4.29. The number of hydrogen-bond donors (Lipinski definition) is 1. The maximum atomic E-state index is 12.7. The Bertz CT molecular complexity index is 758. The van der Waals surface area contributed by atoms with E-state index in [-0.39, 0.29) is 5.69 Å². The van der Waals surface area contributed by atoms with Crippen LogP contribution in [0.15, 0.2) is 53.6 Å². The van der Waals surface area contributed by atoms with Crippen molar-refractivity contribution >= 4 is 17.1 Å². The molecule has 2 aromatic carbocycles. The van der Waals surface area contributed by atoms with Gasteiger partial charge in [-0.1, -0.05) is 18.2 Å². The lowest BCUT2D eigenvalue weighted by molar-refractivity contribution is -0.384. The van der Waals surface area contributed by atoms with Gasteiger partial charge in [-0.05, 0) is 30.7 Å². The first-order valence-corrected chi connectivity index (χ1v) is 6.50. The molecule has 2 rings (SSSR count). The standard InChI is InChI=1S/C15H12F3N3O2/c1-10(11-4-2-5-12(8-11)15(16,17)18)19-20-13-6-3-7-14(9-13)21(22)23/h2-9,20H,1H3/b19-10+. The molecule has 0 aliphatic rings. The molecule has 0 aliphatic heterocycles. The minimum atomic E-state index is -4.43. The zero-order chi connectivity index (χ0) is 17.0. The quantitative estimate of drug-likeness (QED) is 0.513. The van der Waals surface area contributed by atoms with E-state index in [1.807, 2.05) is 0 Å². The van der Waals surface area contributed by atoms with Gasteiger partial charge in [0.2, 0.25) is 0 Å². The minimum Gasteiger partial charge on any atom is -0.278 e. The van der Waals surface area contributed by atoms with Gasteiger partial charge in [0.25, 0.3) is 5.69 Å². The van der Waals surface area contributed by atoms with Crippen LogP contribution in [0.25, 0.3) is 0 Å². The Labute approximate surface area is 129 Å². The number of non-ortho nitro benzene ring substituents is 1.